The monoisotopic (exact) mass is 305 g/mol. The van der Waals surface area contributed by atoms with Crippen LogP contribution in [-0.2, 0) is 0 Å². The highest BCUT2D eigenvalue weighted by atomic mass is 79.9. The molecule has 1 aromatic carbocycles. The van der Waals surface area contributed by atoms with Crippen molar-refractivity contribution in [3.05, 3.63) is 52.6 Å². The minimum absolute atomic E-state index is 0.319. The molecule has 0 bridgehead atoms. The molecule has 18 heavy (non-hydrogen) atoms. The van der Waals surface area contributed by atoms with Gasteiger partial charge in [-0.1, -0.05) is 12.1 Å². The molecule has 0 saturated carbocycles. The SMILES string of the molecule is Cc1ccnc(NC(=O)Nc2ccccc2Br)c1. The molecule has 0 unspecified atom stereocenters. The van der Waals surface area contributed by atoms with Crippen LogP contribution in [0.25, 0.3) is 0 Å². The zero-order chi connectivity index (χ0) is 13.0. The van der Waals surface area contributed by atoms with Crippen molar-refractivity contribution in [1.29, 1.82) is 0 Å². The molecule has 0 atom stereocenters. The fraction of sp³-hybridized carbons (Fsp3) is 0.0769. The summed E-state index contributed by atoms with van der Waals surface area (Å²) in [6.45, 7) is 1.94. The topological polar surface area (TPSA) is 54.0 Å². The summed E-state index contributed by atoms with van der Waals surface area (Å²) < 4.78 is 0.831. The number of amides is 2. The van der Waals surface area contributed by atoms with Crippen molar-refractivity contribution < 1.29 is 4.79 Å². The first kappa shape index (κ1) is 12.6. The molecule has 4 nitrogen and oxygen atoms in total. The first-order valence-corrected chi connectivity index (χ1v) is 6.19. The summed E-state index contributed by atoms with van der Waals surface area (Å²) >= 11 is 3.36. The first-order valence-electron chi connectivity index (χ1n) is 5.40. The van der Waals surface area contributed by atoms with Gasteiger partial charge in [0.2, 0.25) is 0 Å². The van der Waals surface area contributed by atoms with Crippen LogP contribution in [-0.4, -0.2) is 11.0 Å². The number of benzene rings is 1. The summed E-state index contributed by atoms with van der Waals surface area (Å²) in [6.07, 6.45) is 1.66. The molecule has 92 valence electrons. The highest BCUT2D eigenvalue weighted by Crippen LogP contribution is 2.21. The van der Waals surface area contributed by atoms with Crippen LogP contribution in [0.15, 0.2) is 47.1 Å². The number of para-hydroxylation sites is 1. The third-order valence-corrected chi connectivity index (χ3v) is 2.97. The fourth-order valence-electron chi connectivity index (χ4n) is 1.44. The van der Waals surface area contributed by atoms with Crippen LogP contribution in [0.4, 0.5) is 16.3 Å². The molecule has 0 fully saturated rings. The molecule has 0 saturated heterocycles. The summed E-state index contributed by atoms with van der Waals surface area (Å²) in [5.41, 5.74) is 1.75. The van der Waals surface area contributed by atoms with E-state index < -0.39 is 0 Å². The van der Waals surface area contributed by atoms with Gasteiger partial charge in [0.15, 0.2) is 0 Å². The molecule has 1 heterocycles. The zero-order valence-electron chi connectivity index (χ0n) is 9.77. The second kappa shape index (κ2) is 5.64. The van der Waals surface area contributed by atoms with Crippen molar-refractivity contribution in [3.63, 3.8) is 0 Å². The lowest BCUT2D eigenvalue weighted by atomic mass is 10.3. The van der Waals surface area contributed by atoms with E-state index in [9.17, 15) is 4.79 Å². The van der Waals surface area contributed by atoms with Crippen molar-refractivity contribution in [2.24, 2.45) is 0 Å². The van der Waals surface area contributed by atoms with Gasteiger partial charge < -0.3 is 5.32 Å². The minimum atomic E-state index is -0.319. The molecular formula is C13H12BrN3O. The Morgan fingerprint density at radius 1 is 1.22 bits per heavy atom. The zero-order valence-corrected chi connectivity index (χ0v) is 11.4. The number of halogens is 1. The van der Waals surface area contributed by atoms with Crippen LogP contribution in [0.5, 0.6) is 0 Å². The number of anilines is 2. The number of aromatic nitrogens is 1. The van der Waals surface area contributed by atoms with E-state index in [0.717, 1.165) is 10.0 Å². The van der Waals surface area contributed by atoms with Crippen LogP contribution >= 0.6 is 15.9 Å². The van der Waals surface area contributed by atoms with Gasteiger partial charge in [-0.15, -0.1) is 0 Å². The quantitative estimate of drug-likeness (QED) is 0.886. The van der Waals surface area contributed by atoms with Gasteiger partial charge in [0, 0.05) is 10.7 Å². The maximum absolute atomic E-state index is 11.8. The Balaban J connectivity index is 2.03. The molecule has 0 aliphatic heterocycles. The predicted octanol–water partition coefficient (Wildman–Crippen LogP) is 3.80. The smallest absolute Gasteiger partial charge is 0.307 e. The number of hydrogen-bond acceptors (Lipinski definition) is 2. The second-order valence-electron chi connectivity index (χ2n) is 3.78. The van der Waals surface area contributed by atoms with Gasteiger partial charge in [-0.25, -0.2) is 9.78 Å². The summed E-state index contributed by atoms with van der Waals surface area (Å²) in [5, 5.41) is 5.42. The van der Waals surface area contributed by atoms with E-state index in [0.29, 0.717) is 11.5 Å². The molecule has 0 aliphatic rings. The molecule has 0 spiro atoms. The van der Waals surface area contributed by atoms with E-state index in [1.807, 2.05) is 37.3 Å². The van der Waals surface area contributed by atoms with Crippen molar-refractivity contribution in [2.45, 2.75) is 6.92 Å². The molecule has 2 amide bonds. The van der Waals surface area contributed by atoms with E-state index in [1.54, 1.807) is 12.3 Å². The number of nitrogens with zero attached hydrogens (tertiary/aromatic N) is 1. The lowest BCUT2D eigenvalue weighted by molar-refractivity contribution is 0.262. The van der Waals surface area contributed by atoms with E-state index in [4.69, 9.17) is 0 Å². The summed E-state index contributed by atoms with van der Waals surface area (Å²) in [4.78, 5) is 15.8. The first-order chi connectivity index (χ1) is 8.65. The summed E-state index contributed by atoms with van der Waals surface area (Å²) in [6, 6.07) is 10.8. The van der Waals surface area contributed by atoms with Crippen LogP contribution in [0, 0.1) is 6.92 Å². The highest BCUT2D eigenvalue weighted by molar-refractivity contribution is 9.10. The standard InChI is InChI=1S/C13H12BrN3O/c1-9-6-7-15-12(8-9)17-13(18)16-11-5-3-2-4-10(11)14/h2-8H,1H3,(H2,15,16,17,18). The number of pyridine rings is 1. The minimum Gasteiger partial charge on any atom is -0.307 e. The van der Waals surface area contributed by atoms with E-state index >= 15 is 0 Å². The number of aryl methyl sites for hydroxylation is 1. The molecule has 0 aliphatic carbocycles. The number of urea groups is 1. The largest absolute Gasteiger partial charge is 0.324 e. The number of rotatable bonds is 2. The number of carbonyl (C=O) groups is 1. The third kappa shape index (κ3) is 3.30. The van der Waals surface area contributed by atoms with Gasteiger partial charge in [0.05, 0.1) is 5.69 Å². The molecule has 2 aromatic rings. The highest BCUT2D eigenvalue weighted by Gasteiger charge is 2.05. The fourth-order valence-corrected chi connectivity index (χ4v) is 1.82. The second-order valence-corrected chi connectivity index (χ2v) is 4.63. The van der Waals surface area contributed by atoms with Crippen molar-refractivity contribution in [2.75, 3.05) is 10.6 Å². The average Bonchev–Trinajstić information content (AvgIpc) is 2.32. The molecular weight excluding hydrogens is 294 g/mol. The van der Waals surface area contributed by atoms with Crippen LogP contribution in [0.3, 0.4) is 0 Å². The number of hydrogen-bond donors (Lipinski definition) is 2. The van der Waals surface area contributed by atoms with Crippen molar-refractivity contribution in [1.82, 2.24) is 4.98 Å². The van der Waals surface area contributed by atoms with Gasteiger partial charge >= 0.3 is 6.03 Å². The molecule has 0 radical (unpaired) electrons. The van der Waals surface area contributed by atoms with Crippen molar-refractivity contribution in [3.8, 4) is 0 Å². The van der Waals surface area contributed by atoms with Crippen molar-refractivity contribution >= 4 is 33.5 Å². The van der Waals surface area contributed by atoms with Gasteiger partial charge in [0.25, 0.3) is 0 Å². The lowest BCUT2D eigenvalue weighted by Crippen LogP contribution is -2.20. The molecule has 2 rings (SSSR count). The van der Waals surface area contributed by atoms with Gasteiger partial charge in [-0.2, -0.15) is 0 Å². The Morgan fingerprint density at radius 2 is 2.00 bits per heavy atom. The maximum Gasteiger partial charge on any atom is 0.324 e. The Morgan fingerprint density at radius 3 is 2.72 bits per heavy atom. The molecule has 2 N–H and O–H groups in total. The Kier molecular flexibility index (Phi) is 3.94. The molecule has 1 aromatic heterocycles. The Labute approximate surface area is 114 Å². The normalized spacial score (nSPS) is 9.89. The summed E-state index contributed by atoms with van der Waals surface area (Å²) in [7, 11) is 0. The van der Waals surface area contributed by atoms with Gasteiger partial charge in [-0.3, -0.25) is 5.32 Å². The van der Waals surface area contributed by atoms with Gasteiger partial charge in [0.1, 0.15) is 5.82 Å². The third-order valence-electron chi connectivity index (χ3n) is 2.28. The number of nitrogens with one attached hydrogen (secondary N) is 2. The maximum atomic E-state index is 11.8. The Hall–Kier alpha value is -1.88. The van der Waals surface area contributed by atoms with E-state index in [1.165, 1.54) is 0 Å². The summed E-state index contributed by atoms with van der Waals surface area (Å²) in [5.74, 6) is 0.527. The number of carbonyl (C=O) groups excluding carboxylic acids is 1. The average molecular weight is 306 g/mol. The van der Waals surface area contributed by atoms with Gasteiger partial charge in [-0.05, 0) is 52.7 Å². The van der Waals surface area contributed by atoms with E-state index in [2.05, 4.69) is 31.5 Å². The van der Waals surface area contributed by atoms with Crippen LogP contribution in [0.2, 0.25) is 0 Å². The Bertz CT molecular complexity index is 572. The lowest BCUT2D eigenvalue weighted by Gasteiger charge is -2.08. The van der Waals surface area contributed by atoms with E-state index in [-0.39, 0.29) is 6.03 Å². The van der Waals surface area contributed by atoms with Crippen LogP contribution in [0.1, 0.15) is 5.56 Å². The predicted molar refractivity (Wildman–Crippen MR) is 75.8 cm³/mol. The molecule has 5 heteroatoms. The van der Waals surface area contributed by atoms with Crippen LogP contribution < -0.4 is 10.6 Å².